The molecule has 0 spiro atoms. The molecule has 13 heavy (non-hydrogen) atoms. The number of nitrogens with one attached hydrogen (secondary N) is 1. The average Bonchev–Trinajstić information content (AvgIpc) is 2.08. The lowest BCUT2D eigenvalue weighted by atomic mass is 10.2. The van der Waals surface area contributed by atoms with Gasteiger partial charge in [-0.2, -0.15) is 0 Å². The fourth-order valence-corrected chi connectivity index (χ4v) is 1.87. The maximum Gasteiger partial charge on any atom is 0.240 e. The van der Waals surface area contributed by atoms with E-state index in [9.17, 15) is 8.78 Å². The fraction of sp³-hybridized carbons (Fsp3) is 0.875. The Morgan fingerprint density at radius 2 is 2.46 bits per heavy atom. The van der Waals surface area contributed by atoms with E-state index in [-0.39, 0.29) is 6.42 Å². The second-order valence-electron chi connectivity index (χ2n) is 3.17. The van der Waals surface area contributed by atoms with Crippen molar-refractivity contribution in [2.75, 3.05) is 18.8 Å². The third kappa shape index (κ3) is 4.45. The van der Waals surface area contributed by atoms with Crippen LogP contribution in [0, 0.1) is 5.92 Å². The molecule has 0 fully saturated rings. The third-order valence-electron chi connectivity index (χ3n) is 1.69. The summed E-state index contributed by atoms with van der Waals surface area (Å²) in [5.74, 6) is 1.63. The highest BCUT2D eigenvalue weighted by atomic mass is 32.2. The van der Waals surface area contributed by atoms with Crippen molar-refractivity contribution in [1.29, 1.82) is 0 Å². The first kappa shape index (κ1) is 10.8. The number of thioether (sulfide) groups is 1. The maximum absolute atomic E-state index is 11.8. The van der Waals surface area contributed by atoms with Crippen LogP contribution in [0.25, 0.3) is 0 Å². The first-order chi connectivity index (χ1) is 6.18. The summed E-state index contributed by atoms with van der Waals surface area (Å²) in [6.07, 6.45) is -2.32. The van der Waals surface area contributed by atoms with E-state index in [2.05, 4.69) is 17.2 Å². The molecule has 0 bridgehead atoms. The van der Waals surface area contributed by atoms with Gasteiger partial charge in [0.2, 0.25) is 6.43 Å². The van der Waals surface area contributed by atoms with E-state index in [1.807, 2.05) is 0 Å². The summed E-state index contributed by atoms with van der Waals surface area (Å²) in [4.78, 5) is 4.23. The van der Waals surface area contributed by atoms with Gasteiger partial charge in [0.15, 0.2) is 5.17 Å². The van der Waals surface area contributed by atoms with Crippen molar-refractivity contribution in [3.8, 4) is 0 Å². The molecule has 76 valence electrons. The average molecular weight is 208 g/mol. The normalized spacial score (nSPS) is 23.1. The van der Waals surface area contributed by atoms with Gasteiger partial charge in [0.25, 0.3) is 0 Å². The number of hydrogen-bond donors (Lipinski definition) is 1. The van der Waals surface area contributed by atoms with Crippen LogP contribution in [0.3, 0.4) is 0 Å². The molecular weight excluding hydrogens is 194 g/mol. The standard InChI is InChI=1S/C8H14F2N2S/c1-6-4-12-8(13-5-6)11-3-2-7(9)10/h6-7H,2-5H2,1H3,(H,11,12). The van der Waals surface area contributed by atoms with Gasteiger partial charge in [-0.25, -0.2) is 8.78 Å². The Labute approximate surface area is 81.2 Å². The second kappa shape index (κ2) is 5.42. The Balaban J connectivity index is 2.15. The van der Waals surface area contributed by atoms with E-state index >= 15 is 0 Å². The maximum atomic E-state index is 11.8. The van der Waals surface area contributed by atoms with Crippen LogP contribution in [0.1, 0.15) is 13.3 Å². The van der Waals surface area contributed by atoms with Gasteiger partial charge in [-0.3, -0.25) is 4.99 Å². The van der Waals surface area contributed by atoms with Crippen molar-refractivity contribution in [3.63, 3.8) is 0 Å². The topological polar surface area (TPSA) is 24.4 Å². The van der Waals surface area contributed by atoms with E-state index in [1.165, 1.54) is 0 Å². The highest BCUT2D eigenvalue weighted by Gasteiger charge is 2.11. The minimum Gasteiger partial charge on any atom is -0.365 e. The molecule has 0 saturated heterocycles. The van der Waals surface area contributed by atoms with Crippen LogP contribution in [-0.4, -0.2) is 30.4 Å². The molecule has 0 aliphatic carbocycles. The lowest BCUT2D eigenvalue weighted by molar-refractivity contribution is 0.139. The summed E-state index contributed by atoms with van der Waals surface area (Å²) in [6, 6.07) is 0. The molecule has 1 rings (SSSR count). The molecule has 0 aromatic heterocycles. The zero-order valence-electron chi connectivity index (χ0n) is 7.59. The molecule has 1 heterocycles. The number of rotatable bonds is 3. The summed E-state index contributed by atoms with van der Waals surface area (Å²) in [5, 5.41) is 3.72. The lowest BCUT2D eigenvalue weighted by Gasteiger charge is -2.17. The van der Waals surface area contributed by atoms with Gasteiger partial charge in [0, 0.05) is 25.3 Å². The van der Waals surface area contributed by atoms with Crippen molar-refractivity contribution in [2.45, 2.75) is 19.8 Å². The molecule has 5 heteroatoms. The van der Waals surface area contributed by atoms with Crippen LogP contribution >= 0.6 is 11.8 Å². The Morgan fingerprint density at radius 3 is 3.00 bits per heavy atom. The van der Waals surface area contributed by atoms with Crippen LogP contribution < -0.4 is 5.32 Å². The summed E-state index contributed by atoms with van der Waals surface area (Å²) >= 11 is 1.62. The fourth-order valence-electron chi connectivity index (χ4n) is 0.953. The van der Waals surface area contributed by atoms with Crippen molar-refractivity contribution in [2.24, 2.45) is 10.9 Å². The number of nitrogens with zero attached hydrogens (tertiary/aromatic N) is 1. The molecule has 1 N–H and O–H groups in total. The van der Waals surface area contributed by atoms with Crippen molar-refractivity contribution < 1.29 is 8.78 Å². The Kier molecular flexibility index (Phi) is 4.48. The molecule has 0 amide bonds. The van der Waals surface area contributed by atoms with Gasteiger partial charge in [-0.05, 0) is 5.92 Å². The molecule has 2 nitrogen and oxygen atoms in total. The molecule has 1 unspecified atom stereocenters. The van der Waals surface area contributed by atoms with E-state index in [1.54, 1.807) is 11.8 Å². The van der Waals surface area contributed by atoms with Crippen LogP contribution in [0.5, 0.6) is 0 Å². The number of aliphatic imine (C=N–C) groups is 1. The van der Waals surface area contributed by atoms with Crippen LogP contribution in [-0.2, 0) is 0 Å². The van der Waals surface area contributed by atoms with E-state index in [4.69, 9.17) is 0 Å². The van der Waals surface area contributed by atoms with Gasteiger partial charge in [-0.15, -0.1) is 0 Å². The van der Waals surface area contributed by atoms with E-state index in [0.717, 1.165) is 17.5 Å². The quantitative estimate of drug-likeness (QED) is 0.766. The predicted molar refractivity (Wildman–Crippen MR) is 52.5 cm³/mol. The van der Waals surface area contributed by atoms with Gasteiger partial charge in [0.05, 0.1) is 0 Å². The first-order valence-corrected chi connectivity index (χ1v) is 5.36. The minimum absolute atomic E-state index is 0.102. The number of halogens is 2. The van der Waals surface area contributed by atoms with Gasteiger partial charge in [0.1, 0.15) is 0 Å². The smallest absolute Gasteiger partial charge is 0.240 e. The molecule has 0 saturated carbocycles. The van der Waals surface area contributed by atoms with E-state index in [0.29, 0.717) is 12.5 Å². The number of hydrogen-bond acceptors (Lipinski definition) is 3. The van der Waals surface area contributed by atoms with Crippen molar-refractivity contribution >= 4 is 16.9 Å². The summed E-state index contributed by atoms with van der Waals surface area (Å²) in [6.45, 7) is 3.26. The van der Waals surface area contributed by atoms with Crippen LogP contribution in [0.15, 0.2) is 4.99 Å². The Bertz CT molecular complexity index is 185. The molecule has 1 aliphatic rings. The van der Waals surface area contributed by atoms with Crippen molar-refractivity contribution in [1.82, 2.24) is 5.32 Å². The zero-order valence-corrected chi connectivity index (χ0v) is 8.41. The SMILES string of the molecule is CC1CN=C(NCCC(F)F)SC1. The second-order valence-corrected chi connectivity index (χ2v) is 4.18. The Morgan fingerprint density at radius 1 is 1.69 bits per heavy atom. The van der Waals surface area contributed by atoms with Crippen LogP contribution in [0.2, 0.25) is 0 Å². The summed E-state index contributed by atoms with van der Waals surface area (Å²) < 4.78 is 23.5. The lowest BCUT2D eigenvalue weighted by Crippen LogP contribution is -2.27. The monoisotopic (exact) mass is 208 g/mol. The molecule has 1 aliphatic heterocycles. The highest BCUT2D eigenvalue weighted by Crippen LogP contribution is 2.15. The van der Waals surface area contributed by atoms with Gasteiger partial charge >= 0.3 is 0 Å². The number of alkyl halides is 2. The highest BCUT2D eigenvalue weighted by molar-refractivity contribution is 8.13. The van der Waals surface area contributed by atoms with Crippen molar-refractivity contribution in [3.05, 3.63) is 0 Å². The molecular formula is C8H14F2N2S. The molecule has 1 atom stereocenters. The first-order valence-electron chi connectivity index (χ1n) is 4.37. The Hall–Kier alpha value is -0.320. The summed E-state index contributed by atoms with van der Waals surface area (Å²) in [5.41, 5.74) is 0. The zero-order chi connectivity index (χ0) is 9.68. The predicted octanol–water partition coefficient (Wildman–Crippen LogP) is 1.97. The largest absolute Gasteiger partial charge is 0.365 e. The summed E-state index contributed by atoms with van der Waals surface area (Å²) in [7, 11) is 0. The molecule has 0 aromatic carbocycles. The van der Waals surface area contributed by atoms with Gasteiger partial charge in [-0.1, -0.05) is 18.7 Å². The molecule has 0 radical (unpaired) electrons. The molecule has 0 aromatic rings. The van der Waals surface area contributed by atoms with E-state index < -0.39 is 6.43 Å². The van der Waals surface area contributed by atoms with Crippen LogP contribution in [0.4, 0.5) is 8.78 Å². The van der Waals surface area contributed by atoms with Gasteiger partial charge < -0.3 is 5.32 Å². The number of amidine groups is 1. The third-order valence-corrected chi connectivity index (χ3v) is 2.97. The minimum atomic E-state index is -2.22.